The van der Waals surface area contributed by atoms with E-state index in [1.54, 1.807) is 4.57 Å². The van der Waals surface area contributed by atoms with Crippen molar-refractivity contribution >= 4 is 28.6 Å². The second kappa shape index (κ2) is 9.07. The molecule has 1 aliphatic heterocycles. The molecule has 2 aromatic heterocycles. The Labute approximate surface area is 195 Å². The van der Waals surface area contributed by atoms with E-state index >= 15 is 0 Å². The molecule has 1 fully saturated rings. The summed E-state index contributed by atoms with van der Waals surface area (Å²) < 4.78 is 7.65. The van der Waals surface area contributed by atoms with Crippen LogP contribution >= 0.6 is 11.6 Å². The monoisotopic (exact) mass is 465 g/mol. The topological polar surface area (TPSA) is 119 Å². The number of aromatic nitrogens is 4. The first-order valence-electron chi connectivity index (χ1n) is 10.7. The van der Waals surface area contributed by atoms with Gasteiger partial charge < -0.3 is 20.7 Å². The van der Waals surface area contributed by atoms with Crippen molar-refractivity contribution in [3.63, 3.8) is 0 Å². The number of halogens is 1. The Morgan fingerprint density at radius 2 is 1.58 bits per heavy atom. The molecule has 9 heteroatoms. The smallest absolute Gasteiger partial charge is 0.167 e. The van der Waals surface area contributed by atoms with E-state index in [0.717, 1.165) is 11.1 Å². The van der Waals surface area contributed by atoms with Crippen LogP contribution in [0.25, 0.3) is 11.2 Å². The lowest BCUT2D eigenvalue weighted by molar-refractivity contribution is -0.0363. The Balaban J connectivity index is 1.41. The van der Waals surface area contributed by atoms with E-state index in [-0.39, 0.29) is 11.7 Å². The van der Waals surface area contributed by atoms with Gasteiger partial charge in [-0.25, -0.2) is 15.0 Å². The zero-order valence-corrected chi connectivity index (χ0v) is 18.4. The van der Waals surface area contributed by atoms with E-state index in [0.29, 0.717) is 17.6 Å². The van der Waals surface area contributed by atoms with Crippen molar-refractivity contribution in [2.24, 2.45) is 0 Å². The van der Waals surface area contributed by atoms with Crippen molar-refractivity contribution in [2.75, 3.05) is 5.73 Å². The third kappa shape index (κ3) is 4.06. The molecular formula is C24H24ClN5O3. The summed E-state index contributed by atoms with van der Waals surface area (Å²) in [6, 6.07) is 20.2. The van der Waals surface area contributed by atoms with Crippen LogP contribution in [-0.2, 0) is 4.74 Å². The Morgan fingerprint density at radius 3 is 2.21 bits per heavy atom. The van der Waals surface area contributed by atoms with Crippen LogP contribution in [0.2, 0.25) is 0 Å². The predicted octanol–water partition coefficient (Wildman–Crippen LogP) is 2.86. The van der Waals surface area contributed by atoms with Gasteiger partial charge in [-0.2, -0.15) is 0 Å². The molecule has 0 saturated carbocycles. The van der Waals surface area contributed by atoms with Gasteiger partial charge in [-0.15, -0.1) is 11.6 Å². The fourth-order valence-electron chi connectivity index (χ4n) is 4.47. The molecule has 5 rings (SSSR count). The number of ether oxygens (including phenoxy) is 1. The largest absolute Gasteiger partial charge is 0.387 e. The maximum absolute atomic E-state index is 10.8. The van der Waals surface area contributed by atoms with Gasteiger partial charge in [-0.05, 0) is 17.5 Å². The summed E-state index contributed by atoms with van der Waals surface area (Å²) in [5, 5.41) is 21.0. The zero-order chi connectivity index (χ0) is 22.9. The summed E-state index contributed by atoms with van der Waals surface area (Å²) in [5.74, 6) is 0.232. The number of imidazole rings is 1. The molecule has 1 unspecified atom stereocenters. The summed E-state index contributed by atoms with van der Waals surface area (Å²) in [6.45, 7) is 0. The van der Waals surface area contributed by atoms with Crippen molar-refractivity contribution in [3.8, 4) is 0 Å². The van der Waals surface area contributed by atoms with Crippen molar-refractivity contribution < 1.29 is 14.9 Å². The van der Waals surface area contributed by atoms with Gasteiger partial charge in [0, 0.05) is 5.92 Å². The number of benzene rings is 2. The normalized spacial score (nSPS) is 23.9. The molecule has 4 aromatic rings. The molecule has 33 heavy (non-hydrogen) atoms. The number of nitrogens with two attached hydrogens (primary N) is 1. The molecule has 3 heterocycles. The van der Waals surface area contributed by atoms with Gasteiger partial charge in [-0.1, -0.05) is 60.7 Å². The van der Waals surface area contributed by atoms with Crippen LogP contribution in [0, 0.1) is 0 Å². The Hall–Kier alpha value is -3.04. The molecule has 1 saturated heterocycles. The summed E-state index contributed by atoms with van der Waals surface area (Å²) in [4.78, 5) is 12.4. The van der Waals surface area contributed by atoms with Gasteiger partial charge in [0.15, 0.2) is 17.7 Å². The van der Waals surface area contributed by atoms with E-state index in [2.05, 4.69) is 39.2 Å². The highest BCUT2D eigenvalue weighted by molar-refractivity contribution is 6.21. The van der Waals surface area contributed by atoms with Crippen LogP contribution in [0.5, 0.6) is 0 Å². The molecular weight excluding hydrogens is 442 g/mol. The first-order valence-corrected chi connectivity index (χ1v) is 11.2. The quantitative estimate of drug-likeness (QED) is 0.374. The summed E-state index contributed by atoms with van der Waals surface area (Å²) in [7, 11) is 0. The SMILES string of the molecule is Nc1ncnc2c1ncn2[C@@H]1O[C@H](C(Cl)CC(c2ccccc2)c2ccccc2)[C@@H](O)[C@H]1O. The van der Waals surface area contributed by atoms with Crippen LogP contribution in [0.3, 0.4) is 0 Å². The molecule has 8 nitrogen and oxygen atoms in total. The second-order valence-corrected chi connectivity index (χ2v) is 8.74. The first-order chi connectivity index (χ1) is 16.0. The number of fused-ring (bicyclic) bond motifs is 1. The molecule has 2 aromatic carbocycles. The minimum atomic E-state index is -1.21. The first kappa shape index (κ1) is 21.8. The predicted molar refractivity (Wildman–Crippen MR) is 125 cm³/mol. The van der Waals surface area contributed by atoms with Crippen LogP contribution in [-0.4, -0.2) is 53.4 Å². The highest BCUT2D eigenvalue weighted by Crippen LogP contribution is 2.39. The molecule has 0 bridgehead atoms. The lowest BCUT2D eigenvalue weighted by atomic mass is 9.86. The van der Waals surface area contributed by atoms with Crippen molar-refractivity contribution in [2.45, 2.75) is 42.3 Å². The Kier molecular flexibility index (Phi) is 5.99. The van der Waals surface area contributed by atoms with Gasteiger partial charge in [-0.3, -0.25) is 4.57 Å². The molecule has 4 N–H and O–H groups in total. The minimum absolute atomic E-state index is 0.00325. The number of alkyl halides is 1. The standard InChI is InChI=1S/C24H24ClN5O3/c25-17(11-16(14-7-3-1-4-8-14)15-9-5-2-6-10-15)21-19(31)20(32)24(33-21)30-13-29-18-22(26)27-12-28-23(18)30/h1-10,12-13,16-17,19-21,24,31-32H,11H2,(H2,26,27,28)/t17?,19-,20+,21+,24+/m0/s1. The second-order valence-electron chi connectivity index (χ2n) is 8.18. The lowest BCUT2D eigenvalue weighted by Gasteiger charge is -2.26. The fourth-order valence-corrected chi connectivity index (χ4v) is 4.85. The number of nitrogens with zero attached hydrogens (tertiary/aromatic N) is 4. The van der Waals surface area contributed by atoms with Crippen LogP contribution in [0.15, 0.2) is 73.3 Å². The van der Waals surface area contributed by atoms with Crippen LogP contribution in [0.1, 0.15) is 29.7 Å². The maximum atomic E-state index is 10.8. The van der Waals surface area contributed by atoms with Crippen molar-refractivity contribution in [1.29, 1.82) is 0 Å². The van der Waals surface area contributed by atoms with Crippen molar-refractivity contribution in [1.82, 2.24) is 19.5 Å². The fraction of sp³-hybridized carbons (Fsp3) is 0.292. The van der Waals surface area contributed by atoms with E-state index in [1.165, 1.54) is 12.7 Å². The van der Waals surface area contributed by atoms with Gasteiger partial charge in [0.1, 0.15) is 30.2 Å². The average Bonchev–Trinajstić information content (AvgIpc) is 3.40. The highest BCUT2D eigenvalue weighted by atomic mass is 35.5. The van der Waals surface area contributed by atoms with Gasteiger partial charge in [0.25, 0.3) is 0 Å². The van der Waals surface area contributed by atoms with E-state index < -0.39 is 29.9 Å². The molecule has 5 atom stereocenters. The highest BCUT2D eigenvalue weighted by Gasteiger charge is 2.47. The average molecular weight is 466 g/mol. The third-order valence-electron chi connectivity index (χ3n) is 6.16. The third-order valence-corrected chi connectivity index (χ3v) is 6.58. The van der Waals surface area contributed by atoms with Crippen LogP contribution in [0.4, 0.5) is 5.82 Å². The maximum Gasteiger partial charge on any atom is 0.167 e. The van der Waals surface area contributed by atoms with Gasteiger partial charge in [0.2, 0.25) is 0 Å². The van der Waals surface area contributed by atoms with Crippen LogP contribution < -0.4 is 5.73 Å². The number of hydrogen-bond donors (Lipinski definition) is 3. The molecule has 0 aliphatic carbocycles. The number of aliphatic hydroxyl groups is 2. The molecule has 0 amide bonds. The lowest BCUT2D eigenvalue weighted by Crippen LogP contribution is -2.37. The number of rotatable bonds is 6. The Bertz CT molecular complexity index is 1180. The number of nitrogen functional groups attached to an aromatic ring is 1. The molecule has 0 radical (unpaired) electrons. The van der Waals surface area contributed by atoms with E-state index in [9.17, 15) is 10.2 Å². The number of anilines is 1. The summed E-state index contributed by atoms with van der Waals surface area (Å²) in [6.07, 6.45) is -0.789. The summed E-state index contributed by atoms with van der Waals surface area (Å²) in [5.41, 5.74) is 8.92. The molecule has 170 valence electrons. The number of aliphatic hydroxyl groups excluding tert-OH is 2. The van der Waals surface area contributed by atoms with Gasteiger partial charge >= 0.3 is 0 Å². The molecule has 1 aliphatic rings. The zero-order valence-electron chi connectivity index (χ0n) is 17.6. The molecule has 0 spiro atoms. The van der Waals surface area contributed by atoms with Crippen molar-refractivity contribution in [3.05, 3.63) is 84.4 Å². The van der Waals surface area contributed by atoms with E-state index in [4.69, 9.17) is 22.1 Å². The minimum Gasteiger partial charge on any atom is -0.387 e. The van der Waals surface area contributed by atoms with Gasteiger partial charge in [0.05, 0.1) is 11.7 Å². The Morgan fingerprint density at radius 1 is 0.939 bits per heavy atom. The van der Waals surface area contributed by atoms with E-state index in [1.807, 2.05) is 36.4 Å². The number of hydrogen-bond acceptors (Lipinski definition) is 7. The summed E-state index contributed by atoms with van der Waals surface area (Å²) >= 11 is 6.85.